The Labute approximate surface area is 113 Å². The summed E-state index contributed by atoms with van der Waals surface area (Å²) in [6.07, 6.45) is 0. The van der Waals surface area contributed by atoms with Gasteiger partial charge in [-0.15, -0.1) is 0 Å². The van der Waals surface area contributed by atoms with Crippen LogP contribution in [0.15, 0.2) is 28.7 Å². The molecule has 0 saturated carbocycles. The van der Waals surface area contributed by atoms with E-state index in [0.29, 0.717) is 22.5 Å². The lowest BCUT2D eigenvalue weighted by Gasteiger charge is -2.08. The van der Waals surface area contributed by atoms with E-state index in [0.717, 1.165) is 10.2 Å². The van der Waals surface area contributed by atoms with Gasteiger partial charge in [-0.1, -0.05) is 27.5 Å². The van der Waals surface area contributed by atoms with Gasteiger partial charge in [0.25, 0.3) is 0 Å². The van der Waals surface area contributed by atoms with Crippen molar-refractivity contribution < 1.29 is 4.74 Å². The average molecular weight is 314 g/mol. The van der Waals surface area contributed by atoms with Crippen LogP contribution in [0.1, 0.15) is 11.5 Å². The molecule has 88 valence electrons. The number of rotatable bonds is 2. The highest BCUT2D eigenvalue weighted by Gasteiger charge is 2.06. The molecular weight excluding hydrogens is 304 g/mol. The summed E-state index contributed by atoms with van der Waals surface area (Å²) in [6.45, 7) is 3.71. The minimum atomic E-state index is 0.495. The van der Waals surface area contributed by atoms with Gasteiger partial charge in [-0.3, -0.25) is 0 Å². The fourth-order valence-electron chi connectivity index (χ4n) is 1.40. The molecule has 1 aromatic heterocycles. The number of benzene rings is 1. The van der Waals surface area contributed by atoms with Crippen LogP contribution in [0, 0.1) is 13.8 Å². The summed E-state index contributed by atoms with van der Waals surface area (Å²) >= 11 is 9.40. The molecule has 3 nitrogen and oxygen atoms in total. The highest BCUT2D eigenvalue weighted by molar-refractivity contribution is 9.10. The predicted molar refractivity (Wildman–Crippen MR) is 70.7 cm³/mol. The van der Waals surface area contributed by atoms with E-state index in [-0.39, 0.29) is 0 Å². The van der Waals surface area contributed by atoms with Crippen LogP contribution in [-0.2, 0) is 0 Å². The largest absolute Gasteiger partial charge is 0.437 e. The molecule has 5 heteroatoms. The quantitative estimate of drug-likeness (QED) is 0.829. The molecule has 2 rings (SSSR count). The van der Waals surface area contributed by atoms with Crippen molar-refractivity contribution in [2.45, 2.75) is 13.8 Å². The Morgan fingerprint density at radius 1 is 1.18 bits per heavy atom. The first kappa shape index (κ1) is 12.3. The average Bonchev–Trinajstić information content (AvgIpc) is 2.22. The number of nitrogens with zero attached hydrogens (tertiary/aromatic N) is 2. The molecule has 0 aliphatic carbocycles. The SMILES string of the molecule is Cc1cc(Oc2cc(Br)ccc2Cl)nc(C)n1. The second kappa shape index (κ2) is 5.02. The van der Waals surface area contributed by atoms with Gasteiger partial charge in [-0.05, 0) is 32.0 Å². The van der Waals surface area contributed by atoms with Crippen LogP contribution >= 0.6 is 27.5 Å². The predicted octanol–water partition coefficient (Wildman–Crippen LogP) is 4.30. The molecule has 0 spiro atoms. The molecule has 17 heavy (non-hydrogen) atoms. The number of aromatic nitrogens is 2. The zero-order valence-corrected chi connectivity index (χ0v) is 11.7. The lowest BCUT2D eigenvalue weighted by molar-refractivity contribution is 0.459. The molecule has 1 aromatic carbocycles. The Morgan fingerprint density at radius 3 is 2.65 bits per heavy atom. The van der Waals surface area contributed by atoms with Crippen LogP contribution in [0.3, 0.4) is 0 Å². The molecule has 0 fully saturated rings. The molecule has 0 radical (unpaired) electrons. The van der Waals surface area contributed by atoms with Gasteiger partial charge in [0.05, 0.1) is 5.02 Å². The van der Waals surface area contributed by atoms with E-state index in [4.69, 9.17) is 16.3 Å². The van der Waals surface area contributed by atoms with Crippen molar-refractivity contribution in [3.05, 3.63) is 45.3 Å². The summed E-state index contributed by atoms with van der Waals surface area (Å²) < 4.78 is 6.54. The molecule has 0 amide bonds. The molecule has 2 aromatic rings. The Balaban J connectivity index is 2.34. The first-order valence-corrected chi connectivity index (χ1v) is 6.17. The van der Waals surface area contributed by atoms with Crippen molar-refractivity contribution in [3.8, 4) is 11.6 Å². The molecule has 1 heterocycles. The fraction of sp³-hybridized carbons (Fsp3) is 0.167. The minimum Gasteiger partial charge on any atom is -0.437 e. The van der Waals surface area contributed by atoms with Gasteiger partial charge in [-0.25, -0.2) is 4.98 Å². The molecule has 0 aliphatic rings. The van der Waals surface area contributed by atoms with Crippen LogP contribution < -0.4 is 4.74 Å². The van der Waals surface area contributed by atoms with Gasteiger partial charge in [0.1, 0.15) is 11.6 Å². The minimum absolute atomic E-state index is 0.495. The number of hydrogen-bond donors (Lipinski definition) is 0. The third-order valence-corrected chi connectivity index (χ3v) is 2.86. The normalized spacial score (nSPS) is 10.4. The number of aryl methyl sites for hydroxylation is 2. The monoisotopic (exact) mass is 312 g/mol. The van der Waals surface area contributed by atoms with Gasteiger partial charge in [0, 0.05) is 16.2 Å². The maximum atomic E-state index is 6.04. The molecule has 0 atom stereocenters. The van der Waals surface area contributed by atoms with Gasteiger partial charge >= 0.3 is 0 Å². The molecule has 0 aliphatic heterocycles. The Bertz CT molecular complexity index is 540. The summed E-state index contributed by atoms with van der Waals surface area (Å²) in [5, 5.41) is 0.544. The first-order chi connectivity index (χ1) is 8.04. The summed E-state index contributed by atoms with van der Waals surface area (Å²) in [4.78, 5) is 8.38. The molecule has 0 N–H and O–H groups in total. The lowest BCUT2D eigenvalue weighted by atomic mass is 10.3. The van der Waals surface area contributed by atoms with Gasteiger partial charge in [0.15, 0.2) is 0 Å². The van der Waals surface area contributed by atoms with E-state index in [9.17, 15) is 0 Å². The molecule has 0 bridgehead atoms. The van der Waals surface area contributed by atoms with Crippen molar-refractivity contribution in [2.75, 3.05) is 0 Å². The van der Waals surface area contributed by atoms with Crippen LogP contribution in [0.25, 0.3) is 0 Å². The first-order valence-electron chi connectivity index (χ1n) is 5.00. The summed E-state index contributed by atoms with van der Waals surface area (Å²) in [6, 6.07) is 7.19. The highest BCUT2D eigenvalue weighted by Crippen LogP contribution is 2.31. The standard InChI is InChI=1S/C12H10BrClN2O/c1-7-5-12(16-8(2)15-7)17-11-6-9(13)3-4-10(11)14/h3-6H,1-2H3. The maximum Gasteiger partial charge on any atom is 0.222 e. The molecule has 0 saturated heterocycles. The molecule has 0 unspecified atom stereocenters. The summed E-state index contributed by atoms with van der Waals surface area (Å²) in [5.74, 6) is 1.74. The summed E-state index contributed by atoms with van der Waals surface area (Å²) in [5.41, 5.74) is 0.860. The van der Waals surface area contributed by atoms with Gasteiger partial charge in [0.2, 0.25) is 5.88 Å². The Hall–Kier alpha value is -1.13. The topological polar surface area (TPSA) is 35.0 Å². The van der Waals surface area contributed by atoms with E-state index in [1.807, 2.05) is 19.9 Å². The van der Waals surface area contributed by atoms with Crippen LogP contribution in [0.4, 0.5) is 0 Å². The Morgan fingerprint density at radius 2 is 1.94 bits per heavy atom. The second-order valence-electron chi connectivity index (χ2n) is 3.57. The fourth-order valence-corrected chi connectivity index (χ4v) is 1.90. The van der Waals surface area contributed by atoms with Crippen LogP contribution in [-0.4, -0.2) is 9.97 Å². The van der Waals surface area contributed by atoms with Gasteiger partial charge in [-0.2, -0.15) is 4.98 Å². The van der Waals surface area contributed by atoms with E-state index < -0.39 is 0 Å². The van der Waals surface area contributed by atoms with E-state index in [1.165, 1.54) is 0 Å². The number of hydrogen-bond acceptors (Lipinski definition) is 3. The summed E-state index contributed by atoms with van der Waals surface area (Å²) in [7, 11) is 0. The van der Waals surface area contributed by atoms with Crippen molar-refractivity contribution in [1.82, 2.24) is 9.97 Å². The maximum absolute atomic E-state index is 6.04. The number of halogens is 2. The van der Waals surface area contributed by atoms with Crippen LogP contribution in [0.5, 0.6) is 11.6 Å². The molecular formula is C12H10BrClN2O. The second-order valence-corrected chi connectivity index (χ2v) is 4.89. The zero-order valence-electron chi connectivity index (χ0n) is 9.37. The lowest BCUT2D eigenvalue weighted by Crippen LogP contribution is -1.95. The third-order valence-electron chi connectivity index (χ3n) is 2.05. The van der Waals surface area contributed by atoms with Crippen molar-refractivity contribution in [1.29, 1.82) is 0 Å². The Kier molecular flexibility index (Phi) is 3.64. The number of ether oxygens (including phenoxy) is 1. The van der Waals surface area contributed by atoms with Crippen molar-refractivity contribution in [2.24, 2.45) is 0 Å². The smallest absolute Gasteiger partial charge is 0.222 e. The van der Waals surface area contributed by atoms with E-state index in [2.05, 4.69) is 25.9 Å². The van der Waals surface area contributed by atoms with Crippen molar-refractivity contribution >= 4 is 27.5 Å². The third kappa shape index (κ3) is 3.17. The van der Waals surface area contributed by atoms with Crippen LogP contribution in [0.2, 0.25) is 5.02 Å². The van der Waals surface area contributed by atoms with Gasteiger partial charge < -0.3 is 4.74 Å². The zero-order chi connectivity index (χ0) is 12.4. The van der Waals surface area contributed by atoms with E-state index in [1.54, 1.807) is 18.2 Å². The van der Waals surface area contributed by atoms with Crippen molar-refractivity contribution in [3.63, 3.8) is 0 Å². The van der Waals surface area contributed by atoms with E-state index >= 15 is 0 Å². The highest BCUT2D eigenvalue weighted by atomic mass is 79.9.